The van der Waals surface area contributed by atoms with Crippen LogP contribution in [0.1, 0.15) is 37.1 Å². The lowest BCUT2D eigenvalue weighted by molar-refractivity contribution is 0.0667. The first-order valence-corrected chi connectivity index (χ1v) is 10.1. The van der Waals surface area contributed by atoms with Crippen LogP contribution in [0.3, 0.4) is 0 Å². The number of ether oxygens (including phenoxy) is 1. The first-order valence-electron chi connectivity index (χ1n) is 9.30. The van der Waals surface area contributed by atoms with E-state index in [1.807, 2.05) is 40.9 Å². The Balaban J connectivity index is 1.52. The van der Waals surface area contributed by atoms with Crippen LogP contribution < -0.4 is 5.73 Å². The van der Waals surface area contributed by atoms with Crippen LogP contribution in [0.4, 0.5) is 10.6 Å². The van der Waals surface area contributed by atoms with Gasteiger partial charge in [-0.25, -0.2) is 14.8 Å². The third kappa shape index (κ3) is 3.56. The summed E-state index contributed by atoms with van der Waals surface area (Å²) in [5, 5.41) is 0. The summed E-state index contributed by atoms with van der Waals surface area (Å²) in [4.78, 5) is 23.3. The van der Waals surface area contributed by atoms with Crippen molar-refractivity contribution in [3.8, 4) is 0 Å². The predicted octanol–water partition coefficient (Wildman–Crippen LogP) is 3.98. The molecule has 1 fully saturated rings. The molecule has 2 aromatic heterocycles. The van der Waals surface area contributed by atoms with Gasteiger partial charge < -0.3 is 15.4 Å². The van der Waals surface area contributed by atoms with E-state index < -0.39 is 0 Å². The number of amides is 1. The van der Waals surface area contributed by atoms with Crippen LogP contribution in [0, 0.1) is 0 Å². The topological polar surface area (TPSA) is 85.8 Å². The van der Waals surface area contributed by atoms with E-state index >= 15 is 0 Å². The Hall–Kier alpha value is -2.61. The predicted molar refractivity (Wildman–Crippen MR) is 110 cm³/mol. The number of likely N-dealkylation sites (tertiary alicyclic amines) is 1. The van der Waals surface area contributed by atoms with Crippen molar-refractivity contribution in [2.45, 2.75) is 38.3 Å². The van der Waals surface area contributed by atoms with Crippen molar-refractivity contribution in [2.75, 3.05) is 12.3 Å². The highest BCUT2D eigenvalue weighted by molar-refractivity contribution is 9.10. The van der Waals surface area contributed by atoms with Crippen LogP contribution in [-0.2, 0) is 11.3 Å². The number of nitrogens with zero attached hydrogens (tertiary/aromatic N) is 4. The summed E-state index contributed by atoms with van der Waals surface area (Å²) in [6.07, 6.45) is 5.06. The van der Waals surface area contributed by atoms with Gasteiger partial charge in [0.1, 0.15) is 22.6 Å². The summed E-state index contributed by atoms with van der Waals surface area (Å²) < 4.78 is 8.18. The number of aromatic nitrogens is 3. The average Bonchev–Trinajstić information content (AvgIpc) is 3.05. The van der Waals surface area contributed by atoms with Gasteiger partial charge in [-0.1, -0.05) is 30.3 Å². The second-order valence-electron chi connectivity index (χ2n) is 7.11. The van der Waals surface area contributed by atoms with Crippen molar-refractivity contribution < 1.29 is 9.53 Å². The fourth-order valence-electron chi connectivity index (χ4n) is 3.71. The zero-order chi connectivity index (χ0) is 19.7. The molecule has 3 heterocycles. The normalized spacial score (nSPS) is 19.7. The van der Waals surface area contributed by atoms with Crippen LogP contribution in [0.5, 0.6) is 0 Å². The van der Waals surface area contributed by atoms with Crippen molar-refractivity contribution in [1.82, 2.24) is 19.3 Å². The monoisotopic (exact) mass is 443 g/mol. The number of piperidine rings is 1. The van der Waals surface area contributed by atoms with Crippen LogP contribution in [-0.4, -0.2) is 37.9 Å². The summed E-state index contributed by atoms with van der Waals surface area (Å²) in [7, 11) is 0. The van der Waals surface area contributed by atoms with E-state index in [0.717, 1.165) is 29.7 Å². The van der Waals surface area contributed by atoms with Gasteiger partial charge in [0, 0.05) is 30.9 Å². The lowest BCUT2D eigenvalue weighted by Crippen LogP contribution is -2.45. The molecule has 2 N–H and O–H groups in total. The molecule has 146 valence electrons. The Morgan fingerprint density at radius 3 is 2.89 bits per heavy atom. The number of carbonyl (C=O) groups excluding carboxylic acids is 1. The van der Waals surface area contributed by atoms with Crippen molar-refractivity contribution in [2.24, 2.45) is 0 Å². The number of halogens is 1. The maximum Gasteiger partial charge on any atom is 0.410 e. The molecular weight excluding hydrogens is 422 g/mol. The molecule has 1 amide bonds. The van der Waals surface area contributed by atoms with Gasteiger partial charge in [-0.15, -0.1) is 0 Å². The number of benzene rings is 1. The molecule has 0 spiro atoms. The van der Waals surface area contributed by atoms with E-state index in [4.69, 9.17) is 10.5 Å². The van der Waals surface area contributed by atoms with E-state index in [1.54, 1.807) is 11.1 Å². The summed E-state index contributed by atoms with van der Waals surface area (Å²) >= 11 is 3.48. The maximum atomic E-state index is 12.7. The molecule has 1 aliphatic rings. The Labute approximate surface area is 171 Å². The number of carbonyl (C=O) groups is 1. The average molecular weight is 444 g/mol. The van der Waals surface area contributed by atoms with Crippen molar-refractivity contribution in [3.63, 3.8) is 0 Å². The molecular formula is C20H22BrN5O2. The first-order chi connectivity index (χ1) is 13.5. The molecule has 1 aromatic carbocycles. The number of imidazole rings is 1. The van der Waals surface area contributed by atoms with Gasteiger partial charge in [-0.05, 0) is 41.3 Å². The molecule has 2 atom stereocenters. The van der Waals surface area contributed by atoms with E-state index in [-0.39, 0.29) is 24.7 Å². The number of anilines is 1. The summed E-state index contributed by atoms with van der Waals surface area (Å²) in [5.41, 5.74) is 7.74. The van der Waals surface area contributed by atoms with E-state index in [0.29, 0.717) is 17.0 Å². The summed E-state index contributed by atoms with van der Waals surface area (Å²) in [5.74, 6) is 1.40. The van der Waals surface area contributed by atoms with Crippen LogP contribution in [0.25, 0.3) is 5.52 Å². The molecule has 8 heteroatoms. The molecule has 0 aliphatic carbocycles. The highest BCUT2D eigenvalue weighted by Gasteiger charge is 2.33. The minimum absolute atomic E-state index is 0.0982. The van der Waals surface area contributed by atoms with Gasteiger partial charge >= 0.3 is 6.09 Å². The lowest BCUT2D eigenvalue weighted by Gasteiger charge is -2.36. The van der Waals surface area contributed by atoms with Crippen molar-refractivity contribution >= 4 is 33.4 Å². The van der Waals surface area contributed by atoms with Gasteiger partial charge in [0.25, 0.3) is 0 Å². The second-order valence-corrected chi connectivity index (χ2v) is 7.86. The third-order valence-electron chi connectivity index (χ3n) is 5.25. The van der Waals surface area contributed by atoms with Gasteiger partial charge in [0.15, 0.2) is 5.82 Å². The van der Waals surface area contributed by atoms with Gasteiger partial charge in [0.2, 0.25) is 0 Å². The van der Waals surface area contributed by atoms with Crippen LogP contribution >= 0.6 is 15.9 Å². The minimum Gasteiger partial charge on any atom is -0.445 e. The number of fused-ring (bicyclic) bond motifs is 1. The molecule has 1 saturated heterocycles. The molecule has 7 nitrogen and oxygen atoms in total. The quantitative estimate of drug-likeness (QED) is 0.661. The number of hydrogen-bond acceptors (Lipinski definition) is 5. The lowest BCUT2D eigenvalue weighted by atomic mass is 9.93. The Bertz CT molecular complexity index is 991. The smallest absolute Gasteiger partial charge is 0.410 e. The zero-order valence-electron chi connectivity index (χ0n) is 15.6. The third-order valence-corrected chi connectivity index (χ3v) is 5.81. The number of nitrogens with two attached hydrogens (primary N) is 1. The van der Waals surface area contributed by atoms with Gasteiger partial charge in [-0.3, -0.25) is 4.40 Å². The van der Waals surface area contributed by atoms with Crippen molar-refractivity contribution in [3.05, 3.63) is 58.7 Å². The number of hydrogen-bond donors (Lipinski definition) is 1. The SMILES string of the molecule is C[C@@H]1CC[C@H](c2nc(Br)c3c(N)nccn23)CN1C(=O)OCc1ccccc1. The Morgan fingerprint density at radius 2 is 2.11 bits per heavy atom. The zero-order valence-corrected chi connectivity index (χ0v) is 17.2. The van der Waals surface area contributed by atoms with Gasteiger partial charge in [0.05, 0.1) is 0 Å². The fraction of sp³-hybridized carbons (Fsp3) is 0.350. The molecule has 0 radical (unpaired) electrons. The van der Waals surface area contributed by atoms with E-state index in [2.05, 4.69) is 32.8 Å². The first kappa shape index (κ1) is 18.7. The molecule has 0 unspecified atom stereocenters. The fourth-order valence-corrected chi connectivity index (χ4v) is 4.28. The highest BCUT2D eigenvalue weighted by atomic mass is 79.9. The second kappa shape index (κ2) is 7.79. The molecule has 4 rings (SSSR count). The molecule has 0 saturated carbocycles. The standard InChI is InChI=1S/C20H22BrN5O2/c1-13-7-8-15(19-24-17(21)16-18(22)23-9-10-25(16)19)11-26(13)20(27)28-12-14-5-3-2-4-6-14/h2-6,9-10,13,15H,7-8,11-12H2,1H3,(H2,22,23)/t13-,15+/m1/s1. The van der Waals surface area contributed by atoms with E-state index in [9.17, 15) is 4.79 Å². The Morgan fingerprint density at radius 1 is 1.32 bits per heavy atom. The molecule has 0 bridgehead atoms. The minimum atomic E-state index is -0.290. The van der Waals surface area contributed by atoms with Crippen molar-refractivity contribution in [1.29, 1.82) is 0 Å². The molecule has 3 aromatic rings. The molecule has 1 aliphatic heterocycles. The maximum absolute atomic E-state index is 12.7. The Kier molecular flexibility index (Phi) is 5.21. The summed E-state index contributed by atoms with van der Waals surface area (Å²) in [6.45, 7) is 2.89. The van der Waals surface area contributed by atoms with Gasteiger partial charge in [-0.2, -0.15) is 0 Å². The van der Waals surface area contributed by atoms with Crippen LogP contribution in [0.2, 0.25) is 0 Å². The largest absolute Gasteiger partial charge is 0.445 e. The highest BCUT2D eigenvalue weighted by Crippen LogP contribution is 2.33. The van der Waals surface area contributed by atoms with Crippen LogP contribution in [0.15, 0.2) is 47.3 Å². The summed E-state index contributed by atoms with van der Waals surface area (Å²) in [6, 6.07) is 9.83. The number of rotatable bonds is 3. The van der Waals surface area contributed by atoms with E-state index in [1.165, 1.54) is 0 Å². The number of nitrogen functional groups attached to an aromatic ring is 1. The molecule has 28 heavy (non-hydrogen) atoms.